The van der Waals surface area contributed by atoms with Crippen LogP contribution in [-0.2, 0) is 6.42 Å². The summed E-state index contributed by atoms with van der Waals surface area (Å²) in [6, 6.07) is 22.4. The van der Waals surface area contributed by atoms with E-state index >= 15 is 0 Å². The van der Waals surface area contributed by atoms with Crippen molar-refractivity contribution < 1.29 is 19.4 Å². The Balaban J connectivity index is 1.76. The molecule has 0 spiro atoms. The first-order valence-electron chi connectivity index (χ1n) is 10.1. The maximum absolute atomic E-state index is 12.9. The number of rotatable bonds is 9. The van der Waals surface area contributed by atoms with E-state index in [1.807, 2.05) is 78.9 Å². The maximum atomic E-state index is 12.9. The molecule has 3 aromatic rings. The highest BCUT2D eigenvalue weighted by Crippen LogP contribution is 2.28. The third kappa shape index (κ3) is 5.96. The summed E-state index contributed by atoms with van der Waals surface area (Å²) in [5, 5.41) is 12.7. The Morgan fingerprint density at radius 1 is 0.935 bits per heavy atom. The van der Waals surface area contributed by atoms with Crippen LogP contribution in [-0.4, -0.2) is 37.9 Å². The van der Waals surface area contributed by atoms with Crippen LogP contribution in [0, 0.1) is 0 Å². The minimum absolute atomic E-state index is 0.135. The second kappa shape index (κ2) is 11.0. The zero-order chi connectivity index (χ0) is 22.1. The van der Waals surface area contributed by atoms with Gasteiger partial charge >= 0.3 is 0 Å². The SMILES string of the molecule is COc1ccc(/C=C/c2ccccc2C(=O)NC(CO)Cc2ccccc2)cc1OC. The molecule has 0 radical (unpaired) electrons. The molecule has 0 aliphatic rings. The molecule has 160 valence electrons. The van der Waals surface area contributed by atoms with Gasteiger partial charge in [-0.05, 0) is 41.3 Å². The maximum Gasteiger partial charge on any atom is 0.252 e. The van der Waals surface area contributed by atoms with Crippen molar-refractivity contribution in [2.75, 3.05) is 20.8 Å². The summed E-state index contributed by atoms with van der Waals surface area (Å²) < 4.78 is 10.6. The summed E-state index contributed by atoms with van der Waals surface area (Å²) in [6.45, 7) is -0.135. The monoisotopic (exact) mass is 417 g/mol. The van der Waals surface area contributed by atoms with Gasteiger partial charge in [0.2, 0.25) is 0 Å². The normalized spacial score (nSPS) is 11.8. The molecule has 0 aliphatic carbocycles. The van der Waals surface area contributed by atoms with Crippen LogP contribution in [0.2, 0.25) is 0 Å². The number of carbonyl (C=O) groups is 1. The predicted molar refractivity (Wildman–Crippen MR) is 123 cm³/mol. The highest BCUT2D eigenvalue weighted by Gasteiger charge is 2.15. The van der Waals surface area contributed by atoms with E-state index in [-0.39, 0.29) is 18.6 Å². The van der Waals surface area contributed by atoms with Gasteiger partial charge in [-0.1, -0.05) is 66.7 Å². The van der Waals surface area contributed by atoms with E-state index in [4.69, 9.17) is 9.47 Å². The number of hydrogen-bond donors (Lipinski definition) is 2. The van der Waals surface area contributed by atoms with Crippen molar-refractivity contribution in [3.8, 4) is 11.5 Å². The van der Waals surface area contributed by atoms with Gasteiger partial charge in [0.25, 0.3) is 5.91 Å². The van der Waals surface area contributed by atoms with Gasteiger partial charge in [-0.25, -0.2) is 0 Å². The summed E-state index contributed by atoms with van der Waals surface area (Å²) >= 11 is 0. The van der Waals surface area contributed by atoms with Gasteiger partial charge in [0, 0.05) is 5.56 Å². The lowest BCUT2D eigenvalue weighted by Gasteiger charge is -2.17. The number of methoxy groups -OCH3 is 2. The minimum Gasteiger partial charge on any atom is -0.493 e. The molecule has 2 N–H and O–H groups in total. The van der Waals surface area contributed by atoms with E-state index in [9.17, 15) is 9.90 Å². The lowest BCUT2D eigenvalue weighted by molar-refractivity contribution is 0.0916. The molecule has 3 rings (SSSR count). The van der Waals surface area contributed by atoms with Crippen LogP contribution in [0.4, 0.5) is 0 Å². The summed E-state index contributed by atoms with van der Waals surface area (Å²) in [5.74, 6) is 1.08. The lowest BCUT2D eigenvalue weighted by Crippen LogP contribution is -2.39. The lowest BCUT2D eigenvalue weighted by atomic mass is 10.0. The molecule has 0 heterocycles. The smallest absolute Gasteiger partial charge is 0.252 e. The molecule has 5 nitrogen and oxygen atoms in total. The summed E-state index contributed by atoms with van der Waals surface area (Å²) in [5.41, 5.74) is 3.31. The molecule has 31 heavy (non-hydrogen) atoms. The van der Waals surface area contributed by atoms with Crippen LogP contribution < -0.4 is 14.8 Å². The fourth-order valence-electron chi connectivity index (χ4n) is 3.31. The molecule has 0 bridgehead atoms. The molecule has 3 aromatic carbocycles. The van der Waals surface area contributed by atoms with Gasteiger partial charge < -0.3 is 19.9 Å². The Hall–Kier alpha value is -3.57. The molecular formula is C26H27NO4. The van der Waals surface area contributed by atoms with Crippen molar-refractivity contribution in [1.29, 1.82) is 0 Å². The van der Waals surface area contributed by atoms with Crippen LogP contribution in [0.1, 0.15) is 27.0 Å². The number of nitrogens with one attached hydrogen (secondary N) is 1. The van der Waals surface area contributed by atoms with Gasteiger partial charge in [-0.3, -0.25) is 4.79 Å². The van der Waals surface area contributed by atoms with Crippen LogP contribution in [0.5, 0.6) is 11.5 Å². The molecule has 0 aromatic heterocycles. The standard InChI is InChI=1S/C26H27NO4/c1-30-24-15-13-20(17-25(24)31-2)12-14-21-10-6-7-11-23(21)26(29)27-22(18-28)16-19-8-4-3-5-9-19/h3-15,17,22,28H,16,18H2,1-2H3,(H,27,29)/b14-12+. The molecule has 0 aliphatic heterocycles. The zero-order valence-corrected chi connectivity index (χ0v) is 17.7. The second-order valence-electron chi connectivity index (χ2n) is 7.08. The number of carbonyl (C=O) groups excluding carboxylic acids is 1. The van der Waals surface area contributed by atoms with E-state index in [0.29, 0.717) is 23.5 Å². The van der Waals surface area contributed by atoms with E-state index in [2.05, 4.69) is 5.32 Å². The number of aliphatic hydroxyl groups is 1. The molecule has 0 saturated heterocycles. The van der Waals surface area contributed by atoms with Crippen LogP contribution in [0.3, 0.4) is 0 Å². The molecule has 1 unspecified atom stereocenters. The minimum atomic E-state index is -0.363. The summed E-state index contributed by atoms with van der Waals surface area (Å²) in [7, 11) is 3.19. The van der Waals surface area contributed by atoms with Gasteiger partial charge in [-0.2, -0.15) is 0 Å². The highest BCUT2D eigenvalue weighted by molar-refractivity contribution is 5.98. The summed E-state index contributed by atoms with van der Waals surface area (Å²) in [4.78, 5) is 12.9. The van der Waals surface area contributed by atoms with E-state index in [1.54, 1.807) is 20.3 Å². The quantitative estimate of drug-likeness (QED) is 0.512. The van der Waals surface area contributed by atoms with Gasteiger partial charge in [-0.15, -0.1) is 0 Å². The van der Waals surface area contributed by atoms with Crippen LogP contribution in [0.25, 0.3) is 12.2 Å². The Morgan fingerprint density at radius 2 is 1.65 bits per heavy atom. The van der Waals surface area contributed by atoms with Crippen molar-refractivity contribution in [3.05, 3.63) is 95.1 Å². The van der Waals surface area contributed by atoms with Crippen LogP contribution >= 0.6 is 0 Å². The average Bonchev–Trinajstić information content (AvgIpc) is 2.82. The number of aliphatic hydroxyl groups excluding tert-OH is 1. The molecule has 5 heteroatoms. The number of amides is 1. The Morgan fingerprint density at radius 3 is 2.35 bits per heavy atom. The van der Waals surface area contributed by atoms with Crippen molar-refractivity contribution >= 4 is 18.1 Å². The third-order valence-electron chi connectivity index (χ3n) is 4.95. The Kier molecular flexibility index (Phi) is 7.85. The van der Waals surface area contributed by atoms with E-state index in [1.165, 1.54) is 0 Å². The van der Waals surface area contributed by atoms with Crippen molar-refractivity contribution in [3.63, 3.8) is 0 Å². The van der Waals surface area contributed by atoms with Crippen molar-refractivity contribution in [2.45, 2.75) is 12.5 Å². The van der Waals surface area contributed by atoms with Gasteiger partial charge in [0.05, 0.1) is 26.9 Å². The van der Waals surface area contributed by atoms with Crippen molar-refractivity contribution in [1.82, 2.24) is 5.32 Å². The second-order valence-corrected chi connectivity index (χ2v) is 7.08. The third-order valence-corrected chi connectivity index (χ3v) is 4.95. The Bertz CT molecular complexity index is 1030. The number of ether oxygens (including phenoxy) is 2. The first kappa shape index (κ1) is 22.1. The van der Waals surface area contributed by atoms with Gasteiger partial charge in [0.15, 0.2) is 11.5 Å². The Labute approximate surface area is 183 Å². The van der Waals surface area contributed by atoms with Crippen LogP contribution in [0.15, 0.2) is 72.8 Å². The fraction of sp³-hybridized carbons (Fsp3) is 0.192. The molecule has 1 amide bonds. The number of hydrogen-bond acceptors (Lipinski definition) is 4. The first-order valence-corrected chi connectivity index (χ1v) is 10.1. The molecular weight excluding hydrogens is 390 g/mol. The summed E-state index contributed by atoms with van der Waals surface area (Å²) in [6.07, 6.45) is 4.37. The predicted octanol–water partition coefficient (Wildman–Crippen LogP) is 4.21. The largest absolute Gasteiger partial charge is 0.493 e. The number of benzene rings is 3. The average molecular weight is 418 g/mol. The first-order chi connectivity index (χ1) is 15.1. The zero-order valence-electron chi connectivity index (χ0n) is 17.7. The molecule has 0 fully saturated rings. The highest BCUT2D eigenvalue weighted by atomic mass is 16.5. The van der Waals surface area contributed by atoms with Crippen molar-refractivity contribution in [2.24, 2.45) is 0 Å². The molecule has 1 atom stereocenters. The fourth-order valence-corrected chi connectivity index (χ4v) is 3.31. The van der Waals surface area contributed by atoms with E-state index < -0.39 is 0 Å². The van der Waals surface area contributed by atoms with E-state index in [0.717, 1.165) is 16.7 Å². The molecule has 0 saturated carbocycles. The topological polar surface area (TPSA) is 67.8 Å². The van der Waals surface area contributed by atoms with Gasteiger partial charge in [0.1, 0.15) is 0 Å².